The van der Waals surface area contributed by atoms with Crippen molar-refractivity contribution in [3.63, 3.8) is 0 Å². The van der Waals surface area contributed by atoms with Crippen molar-refractivity contribution in [2.45, 2.75) is 43.6 Å². The molecule has 1 aromatic heterocycles. The number of aliphatic hydroxyl groups is 1. The maximum Gasteiger partial charge on any atom is 0.433 e. The molecule has 1 aliphatic rings. The molecule has 1 heterocycles. The Morgan fingerprint density at radius 2 is 1.91 bits per heavy atom. The van der Waals surface area contributed by atoms with Gasteiger partial charge in [0.2, 0.25) is 0 Å². The Labute approximate surface area is 128 Å². The van der Waals surface area contributed by atoms with E-state index in [9.17, 15) is 31.4 Å². The van der Waals surface area contributed by atoms with Crippen molar-refractivity contribution in [3.05, 3.63) is 23.9 Å². The van der Waals surface area contributed by atoms with Crippen LogP contribution in [-0.2, 0) is 6.18 Å². The minimum absolute atomic E-state index is 0.0480. The van der Waals surface area contributed by atoms with Crippen LogP contribution in [0.25, 0.3) is 0 Å². The average molecular weight is 342 g/mol. The van der Waals surface area contributed by atoms with Crippen LogP contribution in [0, 0.1) is 5.92 Å². The lowest BCUT2D eigenvalue weighted by molar-refractivity contribution is -0.199. The van der Waals surface area contributed by atoms with Gasteiger partial charge in [0.25, 0.3) is 0 Å². The van der Waals surface area contributed by atoms with Crippen LogP contribution in [0.15, 0.2) is 18.2 Å². The molecule has 2 N–H and O–H groups in total. The highest BCUT2D eigenvalue weighted by molar-refractivity contribution is 5.36. The summed E-state index contributed by atoms with van der Waals surface area (Å²) in [5.41, 5.74) is -2.72. The first-order valence-electron chi connectivity index (χ1n) is 7.07. The molecule has 0 bridgehead atoms. The molecule has 130 valence electrons. The number of rotatable bonds is 3. The molecular formula is C14H16F6N2O. The summed E-state index contributed by atoms with van der Waals surface area (Å²) in [5.74, 6) is -1.74. The van der Waals surface area contributed by atoms with Crippen molar-refractivity contribution < 1.29 is 31.4 Å². The van der Waals surface area contributed by atoms with Crippen molar-refractivity contribution in [2.24, 2.45) is 5.92 Å². The highest BCUT2D eigenvalue weighted by atomic mass is 19.4. The Bertz CT molecular complexity index is 545. The molecule has 3 nitrogen and oxygen atoms in total. The number of hydrogen-bond donors (Lipinski definition) is 2. The van der Waals surface area contributed by atoms with Crippen molar-refractivity contribution in [1.82, 2.24) is 4.98 Å². The maximum absolute atomic E-state index is 12.8. The predicted molar refractivity (Wildman–Crippen MR) is 70.7 cm³/mol. The molecule has 2 atom stereocenters. The van der Waals surface area contributed by atoms with Crippen molar-refractivity contribution >= 4 is 5.82 Å². The van der Waals surface area contributed by atoms with E-state index < -0.39 is 36.0 Å². The van der Waals surface area contributed by atoms with Crippen LogP contribution in [-0.4, -0.2) is 28.4 Å². The highest BCUT2D eigenvalue weighted by Crippen LogP contribution is 2.41. The van der Waals surface area contributed by atoms with Gasteiger partial charge in [0.1, 0.15) is 11.5 Å². The molecule has 2 rings (SSSR count). The van der Waals surface area contributed by atoms with E-state index in [0.29, 0.717) is 0 Å². The number of hydrogen-bond acceptors (Lipinski definition) is 3. The molecular weight excluding hydrogens is 326 g/mol. The zero-order valence-electron chi connectivity index (χ0n) is 12.0. The smallest absolute Gasteiger partial charge is 0.388 e. The molecule has 23 heavy (non-hydrogen) atoms. The van der Waals surface area contributed by atoms with Gasteiger partial charge in [-0.3, -0.25) is 0 Å². The maximum atomic E-state index is 12.8. The van der Waals surface area contributed by atoms with Crippen LogP contribution in [0.4, 0.5) is 32.2 Å². The summed E-state index contributed by atoms with van der Waals surface area (Å²) in [6.45, 7) is -0.284. The summed E-state index contributed by atoms with van der Waals surface area (Å²) in [6, 6.07) is 3.20. The topological polar surface area (TPSA) is 45.1 Å². The zero-order valence-corrected chi connectivity index (χ0v) is 12.0. The summed E-state index contributed by atoms with van der Waals surface area (Å²) in [7, 11) is 0. The Hall–Kier alpha value is -1.51. The third kappa shape index (κ3) is 4.73. The molecule has 0 amide bonds. The molecule has 1 aliphatic carbocycles. The summed E-state index contributed by atoms with van der Waals surface area (Å²) in [4.78, 5) is 3.36. The van der Waals surface area contributed by atoms with Gasteiger partial charge in [0.05, 0.1) is 11.5 Å². The average Bonchev–Trinajstić information content (AvgIpc) is 2.44. The van der Waals surface area contributed by atoms with Crippen LogP contribution >= 0.6 is 0 Å². The number of nitrogens with zero attached hydrogens (tertiary/aromatic N) is 1. The number of pyridine rings is 1. The molecule has 1 saturated carbocycles. The second-order valence-electron chi connectivity index (χ2n) is 5.82. The molecule has 1 aromatic rings. The van der Waals surface area contributed by atoms with E-state index in [1.807, 2.05) is 0 Å². The first-order valence-corrected chi connectivity index (χ1v) is 7.07. The number of nitrogens with one attached hydrogen (secondary N) is 1. The third-order valence-corrected chi connectivity index (χ3v) is 3.92. The van der Waals surface area contributed by atoms with E-state index in [2.05, 4.69) is 10.3 Å². The van der Waals surface area contributed by atoms with Gasteiger partial charge in [0.15, 0.2) is 0 Å². The largest absolute Gasteiger partial charge is 0.433 e. The Morgan fingerprint density at radius 1 is 1.22 bits per heavy atom. The lowest BCUT2D eigenvalue weighted by atomic mass is 9.77. The summed E-state index contributed by atoms with van der Waals surface area (Å²) in [6.07, 6.45) is -9.15. The third-order valence-electron chi connectivity index (χ3n) is 3.92. The fourth-order valence-electron chi connectivity index (χ4n) is 2.73. The number of halogens is 6. The predicted octanol–water partition coefficient (Wildman–Crippen LogP) is 4.00. The molecule has 2 unspecified atom stereocenters. The lowest BCUT2D eigenvalue weighted by Gasteiger charge is -2.37. The SMILES string of the molecule is OC1(CNc2cccc(C(F)(F)F)n2)CCCC(C(F)(F)F)C1. The van der Waals surface area contributed by atoms with Gasteiger partial charge in [-0.15, -0.1) is 0 Å². The van der Waals surface area contributed by atoms with Crippen LogP contribution in [0.5, 0.6) is 0 Å². The molecule has 0 aliphatic heterocycles. The van der Waals surface area contributed by atoms with Crippen molar-refractivity contribution in [1.29, 1.82) is 0 Å². The van der Waals surface area contributed by atoms with E-state index in [-0.39, 0.29) is 31.6 Å². The summed E-state index contributed by atoms with van der Waals surface area (Å²) < 4.78 is 76.0. The quantitative estimate of drug-likeness (QED) is 0.817. The van der Waals surface area contributed by atoms with Gasteiger partial charge in [-0.1, -0.05) is 6.07 Å². The summed E-state index contributed by atoms with van der Waals surface area (Å²) in [5, 5.41) is 12.8. The van der Waals surface area contributed by atoms with Gasteiger partial charge in [-0.05, 0) is 37.8 Å². The second-order valence-corrected chi connectivity index (χ2v) is 5.82. The van der Waals surface area contributed by atoms with E-state index >= 15 is 0 Å². The number of alkyl halides is 6. The van der Waals surface area contributed by atoms with Gasteiger partial charge in [-0.2, -0.15) is 26.3 Å². The van der Waals surface area contributed by atoms with Gasteiger partial charge >= 0.3 is 12.4 Å². The van der Waals surface area contributed by atoms with Crippen LogP contribution in [0.2, 0.25) is 0 Å². The summed E-state index contributed by atoms with van der Waals surface area (Å²) >= 11 is 0. The zero-order chi connectivity index (χ0) is 17.3. The van der Waals surface area contributed by atoms with Crippen molar-refractivity contribution in [3.8, 4) is 0 Å². The Balaban J connectivity index is 2.02. The van der Waals surface area contributed by atoms with Gasteiger partial charge < -0.3 is 10.4 Å². The van der Waals surface area contributed by atoms with E-state index in [1.54, 1.807) is 0 Å². The first-order chi connectivity index (χ1) is 10.5. The fraction of sp³-hybridized carbons (Fsp3) is 0.643. The minimum Gasteiger partial charge on any atom is -0.388 e. The van der Waals surface area contributed by atoms with Crippen LogP contribution in [0.1, 0.15) is 31.4 Å². The molecule has 0 spiro atoms. The van der Waals surface area contributed by atoms with E-state index in [4.69, 9.17) is 0 Å². The molecule has 0 aromatic carbocycles. The van der Waals surface area contributed by atoms with Gasteiger partial charge in [-0.25, -0.2) is 4.98 Å². The van der Waals surface area contributed by atoms with E-state index in [0.717, 1.165) is 12.1 Å². The second kappa shape index (κ2) is 6.18. The molecule has 0 saturated heterocycles. The lowest BCUT2D eigenvalue weighted by Crippen LogP contribution is -2.45. The normalized spacial score (nSPS) is 26.1. The van der Waals surface area contributed by atoms with E-state index in [1.165, 1.54) is 6.07 Å². The number of anilines is 1. The molecule has 1 fully saturated rings. The van der Waals surface area contributed by atoms with Crippen molar-refractivity contribution in [2.75, 3.05) is 11.9 Å². The molecule has 0 radical (unpaired) electrons. The Morgan fingerprint density at radius 3 is 2.52 bits per heavy atom. The van der Waals surface area contributed by atoms with Crippen LogP contribution < -0.4 is 5.32 Å². The first kappa shape index (κ1) is 17.8. The Kier molecular flexibility index (Phi) is 4.79. The standard InChI is InChI=1S/C14H16F6N2O/c15-13(16,17)9-3-2-6-12(23,7-9)8-21-11-5-1-4-10(22-11)14(18,19)20/h1,4-5,9,23H,2-3,6-8H2,(H,21,22). The molecule has 9 heteroatoms. The number of aromatic nitrogens is 1. The minimum atomic E-state index is -4.61. The van der Waals surface area contributed by atoms with Gasteiger partial charge in [0, 0.05) is 6.54 Å². The van der Waals surface area contributed by atoms with Crippen LogP contribution in [0.3, 0.4) is 0 Å². The fourth-order valence-corrected chi connectivity index (χ4v) is 2.73. The highest BCUT2D eigenvalue weighted by Gasteiger charge is 2.46. The monoisotopic (exact) mass is 342 g/mol.